The minimum atomic E-state index is 0.667. The topological polar surface area (TPSA) is 29.9 Å². The highest BCUT2D eigenvalue weighted by Crippen LogP contribution is 2.30. The minimum absolute atomic E-state index is 0.667. The molecule has 1 aliphatic carbocycles. The van der Waals surface area contributed by atoms with Crippen molar-refractivity contribution < 1.29 is 0 Å². The Bertz CT molecular complexity index is 297. The lowest BCUT2D eigenvalue weighted by Crippen LogP contribution is -2.10. The maximum absolute atomic E-state index is 4.49. The maximum Gasteiger partial charge on any atom is 0.0537 e. The fraction of sp³-hybridized carbons (Fsp3) is 0.727. The van der Waals surface area contributed by atoms with Crippen molar-refractivity contribution in [2.75, 3.05) is 7.05 Å². The summed E-state index contributed by atoms with van der Waals surface area (Å²) >= 11 is 0. The molecule has 0 spiro atoms. The molecule has 1 heterocycles. The van der Waals surface area contributed by atoms with E-state index in [0.29, 0.717) is 6.04 Å². The van der Waals surface area contributed by atoms with E-state index < -0.39 is 0 Å². The average molecular weight is 193 g/mol. The van der Waals surface area contributed by atoms with E-state index in [1.54, 1.807) is 0 Å². The van der Waals surface area contributed by atoms with Gasteiger partial charge in [-0.25, -0.2) is 0 Å². The molecule has 1 aromatic heterocycles. The number of nitrogens with zero attached hydrogens (tertiary/aromatic N) is 2. The lowest BCUT2D eigenvalue weighted by Gasteiger charge is -2.12. The summed E-state index contributed by atoms with van der Waals surface area (Å²) in [6.45, 7) is 3.11. The first kappa shape index (κ1) is 9.71. The predicted molar refractivity (Wildman–Crippen MR) is 57.2 cm³/mol. The summed E-state index contributed by atoms with van der Waals surface area (Å²) in [5, 5.41) is 7.67. The standard InChI is InChI=1S/C11H19N3/c1-9-10(7-12-2)8-13-14(9)11-5-3-4-6-11/h8,11-12H,3-7H2,1-2H3. The lowest BCUT2D eigenvalue weighted by molar-refractivity contribution is 0.456. The van der Waals surface area contributed by atoms with Crippen LogP contribution in [0.2, 0.25) is 0 Å². The minimum Gasteiger partial charge on any atom is -0.316 e. The number of hydrogen-bond acceptors (Lipinski definition) is 2. The smallest absolute Gasteiger partial charge is 0.0537 e. The van der Waals surface area contributed by atoms with E-state index in [0.717, 1.165) is 6.54 Å². The summed E-state index contributed by atoms with van der Waals surface area (Å²) < 4.78 is 2.22. The second-order valence-electron chi connectivity index (χ2n) is 4.17. The van der Waals surface area contributed by atoms with E-state index in [1.807, 2.05) is 13.2 Å². The summed E-state index contributed by atoms with van der Waals surface area (Å²) in [5.74, 6) is 0. The van der Waals surface area contributed by atoms with Crippen molar-refractivity contribution in [3.63, 3.8) is 0 Å². The number of hydrogen-bond donors (Lipinski definition) is 1. The monoisotopic (exact) mass is 193 g/mol. The molecular formula is C11H19N3. The predicted octanol–water partition coefficient (Wildman–Crippen LogP) is 2.03. The van der Waals surface area contributed by atoms with E-state index in [4.69, 9.17) is 0 Å². The average Bonchev–Trinajstić information content (AvgIpc) is 2.77. The van der Waals surface area contributed by atoms with Crippen LogP contribution in [0, 0.1) is 6.92 Å². The molecule has 1 aromatic rings. The van der Waals surface area contributed by atoms with Gasteiger partial charge in [0.25, 0.3) is 0 Å². The first-order chi connectivity index (χ1) is 6.83. The van der Waals surface area contributed by atoms with Crippen LogP contribution < -0.4 is 5.32 Å². The highest BCUT2D eigenvalue weighted by atomic mass is 15.3. The highest BCUT2D eigenvalue weighted by molar-refractivity contribution is 5.16. The van der Waals surface area contributed by atoms with E-state index >= 15 is 0 Å². The Balaban J connectivity index is 2.17. The molecule has 1 N–H and O–H groups in total. The van der Waals surface area contributed by atoms with Crippen LogP contribution in [-0.4, -0.2) is 16.8 Å². The Kier molecular flexibility index (Phi) is 2.87. The molecule has 1 fully saturated rings. The molecule has 78 valence electrons. The van der Waals surface area contributed by atoms with Gasteiger partial charge in [0.2, 0.25) is 0 Å². The quantitative estimate of drug-likeness (QED) is 0.796. The molecule has 0 aromatic carbocycles. The van der Waals surface area contributed by atoms with Gasteiger partial charge >= 0.3 is 0 Å². The van der Waals surface area contributed by atoms with Crippen molar-refractivity contribution in [2.45, 2.75) is 45.2 Å². The Hall–Kier alpha value is -0.830. The summed E-state index contributed by atoms with van der Waals surface area (Å²) in [4.78, 5) is 0. The zero-order valence-electron chi connectivity index (χ0n) is 9.08. The molecule has 0 aliphatic heterocycles. The molecule has 0 atom stereocenters. The van der Waals surface area contributed by atoms with Crippen molar-refractivity contribution in [1.82, 2.24) is 15.1 Å². The van der Waals surface area contributed by atoms with Crippen LogP contribution in [0.15, 0.2) is 6.20 Å². The van der Waals surface area contributed by atoms with Crippen LogP contribution in [0.5, 0.6) is 0 Å². The molecule has 3 heteroatoms. The first-order valence-electron chi connectivity index (χ1n) is 5.50. The van der Waals surface area contributed by atoms with Gasteiger partial charge in [-0.05, 0) is 26.8 Å². The summed E-state index contributed by atoms with van der Waals surface area (Å²) in [6, 6.07) is 0.667. The van der Waals surface area contributed by atoms with Gasteiger partial charge in [0, 0.05) is 17.8 Å². The first-order valence-corrected chi connectivity index (χ1v) is 5.50. The van der Waals surface area contributed by atoms with Gasteiger partial charge < -0.3 is 5.32 Å². The van der Waals surface area contributed by atoms with E-state index in [-0.39, 0.29) is 0 Å². The van der Waals surface area contributed by atoms with Gasteiger partial charge in [-0.2, -0.15) is 5.10 Å². The van der Waals surface area contributed by atoms with E-state index in [2.05, 4.69) is 22.0 Å². The second-order valence-corrected chi connectivity index (χ2v) is 4.17. The molecule has 0 bridgehead atoms. The SMILES string of the molecule is CNCc1cnn(C2CCCC2)c1C. The van der Waals surface area contributed by atoms with Crippen LogP contribution in [0.25, 0.3) is 0 Å². The Morgan fingerprint density at radius 1 is 1.50 bits per heavy atom. The molecule has 14 heavy (non-hydrogen) atoms. The van der Waals surface area contributed by atoms with Crippen LogP contribution in [0.1, 0.15) is 43.0 Å². The molecule has 1 aliphatic rings. The van der Waals surface area contributed by atoms with Crippen LogP contribution in [0.3, 0.4) is 0 Å². The van der Waals surface area contributed by atoms with E-state index in [1.165, 1.54) is 36.9 Å². The summed E-state index contributed by atoms with van der Waals surface area (Å²) in [5.41, 5.74) is 2.67. The number of aromatic nitrogens is 2. The van der Waals surface area contributed by atoms with Gasteiger partial charge in [0.05, 0.1) is 12.2 Å². The fourth-order valence-corrected chi connectivity index (χ4v) is 2.34. The lowest BCUT2D eigenvalue weighted by atomic mass is 10.2. The van der Waals surface area contributed by atoms with Crippen LogP contribution in [0.4, 0.5) is 0 Å². The fourth-order valence-electron chi connectivity index (χ4n) is 2.34. The number of nitrogens with one attached hydrogen (secondary N) is 1. The normalized spacial score (nSPS) is 17.9. The molecule has 0 saturated heterocycles. The second kappa shape index (κ2) is 4.13. The molecule has 3 nitrogen and oxygen atoms in total. The molecule has 0 radical (unpaired) electrons. The Morgan fingerprint density at radius 2 is 2.21 bits per heavy atom. The van der Waals surface area contributed by atoms with Gasteiger partial charge in [-0.1, -0.05) is 12.8 Å². The van der Waals surface area contributed by atoms with Gasteiger partial charge in [-0.15, -0.1) is 0 Å². The van der Waals surface area contributed by atoms with E-state index in [9.17, 15) is 0 Å². The third-order valence-electron chi connectivity index (χ3n) is 3.18. The summed E-state index contributed by atoms with van der Waals surface area (Å²) in [7, 11) is 1.98. The third kappa shape index (κ3) is 1.69. The maximum atomic E-state index is 4.49. The van der Waals surface area contributed by atoms with Gasteiger partial charge in [-0.3, -0.25) is 4.68 Å². The largest absolute Gasteiger partial charge is 0.316 e. The third-order valence-corrected chi connectivity index (χ3v) is 3.18. The van der Waals surface area contributed by atoms with Crippen molar-refractivity contribution in [2.24, 2.45) is 0 Å². The molecule has 0 amide bonds. The van der Waals surface area contributed by atoms with Gasteiger partial charge in [0.1, 0.15) is 0 Å². The van der Waals surface area contributed by atoms with Crippen molar-refractivity contribution >= 4 is 0 Å². The zero-order valence-corrected chi connectivity index (χ0v) is 9.08. The summed E-state index contributed by atoms with van der Waals surface area (Å²) in [6.07, 6.45) is 7.35. The van der Waals surface area contributed by atoms with Gasteiger partial charge in [0.15, 0.2) is 0 Å². The number of rotatable bonds is 3. The zero-order chi connectivity index (χ0) is 9.97. The molecule has 0 unspecified atom stereocenters. The van der Waals surface area contributed by atoms with Crippen molar-refractivity contribution in [3.8, 4) is 0 Å². The highest BCUT2D eigenvalue weighted by Gasteiger charge is 2.19. The molecular weight excluding hydrogens is 174 g/mol. The molecule has 2 rings (SSSR count). The Labute approximate surface area is 85.5 Å². The molecule has 1 saturated carbocycles. The Morgan fingerprint density at radius 3 is 2.86 bits per heavy atom. The van der Waals surface area contributed by atoms with Crippen molar-refractivity contribution in [3.05, 3.63) is 17.5 Å². The van der Waals surface area contributed by atoms with Crippen LogP contribution in [-0.2, 0) is 6.54 Å². The van der Waals surface area contributed by atoms with Crippen molar-refractivity contribution in [1.29, 1.82) is 0 Å². The van der Waals surface area contributed by atoms with Crippen LogP contribution >= 0.6 is 0 Å².